The van der Waals surface area contributed by atoms with Gasteiger partial charge in [0.2, 0.25) is 0 Å². The highest BCUT2D eigenvalue weighted by molar-refractivity contribution is 7.16. The van der Waals surface area contributed by atoms with Crippen molar-refractivity contribution in [3.63, 3.8) is 0 Å². The summed E-state index contributed by atoms with van der Waals surface area (Å²) in [4.78, 5) is 16.3. The van der Waals surface area contributed by atoms with Gasteiger partial charge in [0.05, 0.1) is 12.3 Å². The lowest BCUT2D eigenvalue weighted by molar-refractivity contribution is -0.0498. The number of nitrogens with one attached hydrogen (secondary N) is 1. The van der Waals surface area contributed by atoms with Crippen molar-refractivity contribution in [3.05, 3.63) is 70.0 Å². The van der Waals surface area contributed by atoms with Crippen LogP contribution in [0.1, 0.15) is 57.9 Å². The summed E-state index contributed by atoms with van der Waals surface area (Å²) >= 11 is 1.54. The van der Waals surface area contributed by atoms with E-state index < -0.39 is 6.61 Å². The van der Waals surface area contributed by atoms with Crippen LogP contribution >= 0.6 is 11.3 Å². The molecule has 0 saturated carbocycles. The minimum Gasteiger partial charge on any atom is -0.459 e. The molecule has 1 amide bonds. The number of ether oxygens (including phenoxy) is 1. The van der Waals surface area contributed by atoms with Gasteiger partial charge in [-0.2, -0.15) is 8.78 Å². The Balaban J connectivity index is 1.73. The number of hydrogen-bond donors (Lipinski definition) is 1. The number of carbonyl (C=O) groups excluding carboxylic acids is 1. The molecule has 176 valence electrons. The van der Waals surface area contributed by atoms with Crippen molar-refractivity contribution >= 4 is 22.2 Å². The second-order valence-corrected chi connectivity index (χ2v) is 9.75. The summed E-state index contributed by atoms with van der Waals surface area (Å²) in [5.74, 6) is 0.743. The number of thiophene rings is 1. The SMILES string of the molecule is Cc1sc(NC(=O)c2ccco2)c([C@H](c2ccc(OC(F)F)cc2)N2CCC(C)CC2)c1C. The first-order chi connectivity index (χ1) is 15.8. The third kappa shape index (κ3) is 5.28. The predicted molar refractivity (Wildman–Crippen MR) is 125 cm³/mol. The third-order valence-electron chi connectivity index (χ3n) is 6.28. The summed E-state index contributed by atoms with van der Waals surface area (Å²) in [7, 11) is 0. The maximum absolute atomic E-state index is 12.8. The van der Waals surface area contributed by atoms with Crippen LogP contribution in [0.2, 0.25) is 0 Å². The van der Waals surface area contributed by atoms with Gasteiger partial charge in [-0.15, -0.1) is 11.3 Å². The second-order valence-electron chi connectivity index (χ2n) is 8.53. The number of halogens is 2. The average Bonchev–Trinajstić information content (AvgIpc) is 3.41. The number of amides is 1. The number of nitrogens with zero attached hydrogens (tertiary/aromatic N) is 1. The van der Waals surface area contributed by atoms with Crippen molar-refractivity contribution in [1.29, 1.82) is 0 Å². The standard InChI is InChI=1S/C25H28F2N2O3S/c1-15-10-12-29(13-11-15)22(18-6-8-19(9-7-18)32-25(26)27)21-16(2)17(3)33-24(21)28-23(30)20-5-4-14-31-20/h4-9,14-15,22,25H,10-13H2,1-3H3,(H,28,30)/t22-/m0/s1. The van der Waals surface area contributed by atoms with Crippen LogP contribution in [0.25, 0.3) is 0 Å². The number of anilines is 1. The Morgan fingerprint density at radius 3 is 2.48 bits per heavy atom. The number of piperidine rings is 1. The number of hydrogen-bond acceptors (Lipinski definition) is 5. The number of alkyl halides is 2. The normalized spacial score (nSPS) is 16.2. The number of likely N-dealkylation sites (tertiary alicyclic amines) is 1. The molecule has 8 heteroatoms. The van der Waals surface area contributed by atoms with Crippen LogP contribution in [0.15, 0.2) is 47.1 Å². The number of furan rings is 1. The third-order valence-corrected chi connectivity index (χ3v) is 7.42. The van der Waals surface area contributed by atoms with Crippen molar-refractivity contribution in [2.75, 3.05) is 18.4 Å². The first-order valence-electron chi connectivity index (χ1n) is 11.1. The fourth-order valence-electron chi connectivity index (χ4n) is 4.32. The largest absolute Gasteiger partial charge is 0.459 e. The quantitative estimate of drug-likeness (QED) is 0.417. The van der Waals surface area contributed by atoms with Crippen molar-refractivity contribution in [2.24, 2.45) is 5.92 Å². The molecule has 1 aliphatic rings. The molecule has 3 heterocycles. The topological polar surface area (TPSA) is 54.7 Å². The first-order valence-corrected chi connectivity index (χ1v) is 11.9. The average molecular weight is 475 g/mol. The van der Waals surface area contributed by atoms with Crippen LogP contribution in [0, 0.1) is 19.8 Å². The van der Waals surface area contributed by atoms with E-state index in [2.05, 4.69) is 28.8 Å². The monoisotopic (exact) mass is 474 g/mol. The summed E-state index contributed by atoms with van der Waals surface area (Å²) in [6.07, 6.45) is 3.64. The molecule has 0 aliphatic carbocycles. The van der Waals surface area contributed by atoms with Crippen LogP contribution in [-0.2, 0) is 0 Å². The van der Waals surface area contributed by atoms with E-state index in [1.54, 1.807) is 35.6 Å². The Morgan fingerprint density at radius 1 is 1.18 bits per heavy atom. The lowest BCUT2D eigenvalue weighted by Gasteiger charge is -2.37. The van der Waals surface area contributed by atoms with E-state index in [9.17, 15) is 13.6 Å². The molecule has 2 aromatic heterocycles. The molecule has 1 aliphatic heterocycles. The van der Waals surface area contributed by atoms with Gasteiger partial charge >= 0.3 is 6.61 Å². The zero-order valence-electron chi connectivity index (χ0n) is 18.9. The fourth-order valence-corrected chi connectivity index (χ4v) is 5.41. The van der Waals surface area contributed by atoms with Crippen LogP contribution in [0.3, 0.4) is 0 Å². The van der Waals surface area contributed by atoms with Crippen LogP contribution < -0.4 is 10.1 Å². The summed E-state index contributed by atoms with van der Waals surface area (Å²) in [5.41, 5.74) is 3.13. The Morgan fingerprint density at radius 2 is 1.88 bits per heavy atom. The highest BCUT2D eigenvalue weighted by Crippen LogP contribution is 2.43. The predicted octanol–water partition coefficient (Wildman–Crippen LogP) is 6.63. The van der Waals surface area contributed by atoms with Crippen molar-refractivity contribution in [2.45, 2.75) is 46.3 Å². The number of aryl methyl sites for hydroxylation is 1. The van der Waals surface area contributed by atoms with Gasteiger partial charge in [-0.1, -0.05) is 19.1 Å². The molecule has 1 atom stereocenters. The van der Waals surface area contributed by atoms with E-state index in [0.29, 0.717) is 5.92 Å². The van der Waals surface area contributed by atoms with E-state index in [1.807, 2.05) is 19.1 Å². The zero-order chi connectivity index (χ0) is 23.5. The molecular formula is C25H28F2N2O3S. The van der Waals surface area contributed by atoms with Gasteiger partial charge in [0, 0.05) is 10.4 Å². The maximum atomic E-state index is 12.8. The van der Waals surface area contributed by atoms with E-state index in [-0.39, 0.29) is 23.5 Å². The minimum atomic E-state index is -2.86. The molecular weight excluding hydrogens is 446 g/mol. The number of carbonyl (C=O) groups is 1. The van der Waals surface area contributed by atoms with Crippen LogP contribution in [0.5, 0.6) is 5.75 Å². The highest BCUT2D eigenvalue weighted by Gasteiger charge is 2.31. The van der Waals surface area contributed by atoms with Crippen LogP contribution in [-0.4, -0.2) is 30.5 Å². The number of benzene rings is 1. The van der Waals surface area contributed by atoms with Gasteiger partial charge in [-0.25, -0.2) is 0 Å². The first kappa shape index (κ1) is 23.4. The lowest BCUT2D eigenvalue weighted by Crippen LogP contribution is -2.37. The Labute approximate surface area is 196 Å². The molecule has 1 aromatic carbocycles. The van der Waals surface area contributed by atoms with Gasteiger partial charge in [0.15, 0.2) is 5.76 Å². The summed E-state index contributed by atoms with van der Waals surface area (Å²) in [6, 6.07) is 10.0. The summed E-state index contributed by atoms with van der Waals surface area (Å²) in [6.45, 7) is 5.35. The molecule has 1 saturated heterocycles. The van der Waals surface area contributed by atoms with Crippen molar-refractivity contribution in [3.8, 4) is 5.75 Å². The van der Waals surface area contributed by atoms with Gasteiger partial charge in [-0.05, 0) is 81.1 Å². The summed E-state index contributed by atoms with van der Waals surface area (Å²) < 4.78 is 35.1. The Hall–Kier alpha value is -2.71. The Bertz CT molecular complexity index is 1070. The van der Waals surface area contributed by atoms with Gasteiger partial charge in [0.1, 0.15) is 10.8 Å². The van der Waals surface area contributed by atoms with E-state index >= 15 is 0 Å². The van der Waals surface area contributed by atoms with E-state index in [0.717, 1.165) is 52.5 Å². The molecule has 3 aromatic rings. The highest BCUT2D eigenvalue weighted by atomic mass is 32.1. The molecule has 0 spiro atoms. The smallest absolute Gasteiger partial charge is 0.387 e. The van der Waals surface area contributed by atoms with Gasteiger partial charge < -0.3 is 14.5 Å². The molecule has 1 fully saturated rings. The Kier molecular flexibility index (Phi) is 7.14. The van der Waals surface area contributed by atoms with Crippen molar-refractivity contribution < 1.29 is 22.7 Å². The molecule has 33 heavy (non-hydrogen) atoms. The molecule has 0 bridgehead atoms. The lowest BCUT2D eigenvalue weighted by atomic mass is 9.91. The zero-order valence-corrected chi connectivity index (χ0v) is 19.8. The van der Waals surface area contributed by atoms with Crippen LogP contribution in [0.4, 0.5) is 13.8 Å². The molecule has 1 N–H and O–H groups in total. The minimum absolute atomic E-state index is 0.116. The van der Waals surface area contributed by atoms with E-state index in [1.165, 1.54) is 6.26 Å². The molecule has 5 nitrogen and oxygen atoms in total. The van der Waals surface area contributed by atoms with Crippen molar-refractivity contribution in [1.82, 2.24) is 4.90 Å². The van der Waals surface area contributed by atoms with E-state index in [4.69, 9.17) is 4.42 Å². The molecule has 0 unspecified atom stereocenters. The molecule has 4 rings (SSSR count). The maximum Gasteiger partial charge on any atom is 0.387 e. The summed E-state index contributed by atoms with van der Waals surface area (Å²) in [5, 5.41) is 3.83. The fraction of sp³-hybridized carbons (Fsp3) is 0.400. The second kappa shape index (κ2) is 10.1. The molecule has 0 radical (unpaired) electrons. The van der Waals surface area contributed by atoms with Gasteiger partial charge in [0.25, 0.3) is 5.91 Å². The van der Waals surface area contributed by atoms with Gasteiger partial charge in [-0.3, -0.25) is 9.69 Å². The number of rotatable bonds is 7.